The number of hydrogen-bond donors (Lipinski definition) is 0. The van der Waals surface area contributed by atoms with Crippen molar-refractivity contribution in [1.82, 2.24) is 9.80 Å². The molecule has 0 N–H and O–H groups in total. The van der Waals surface area contributed by atoms with Crippen molar-refractivity contribution in [2.24, 2.45) is 0 Å². The predicted molar refractivity (Wildman–Crippen MR) is 112 cm³/mol. The van der Waals surface area contributed by atoms with Gasteiger partial charge in [0.2, 0.25) is 0 Å². The molecule has 0 bridgehead atoms. The first-order valence-electron chi connectivity index (χ1n) is 9.60. The molecular weight excluding hydrogens is 332 g/mol. The van der Waals surface area contributed by atoms with Crippen LogP contribution >= 0.6 is 0 Å². The molecule has 3 heteroatoms. The van der Waals surface area contributed by atoms with Crippen molar-refractivity contribution >= 4 is 0 Å². The zero-order valence-corrected chi connectivity index (χ0v) is 16.9. The molecule has 27 heavy (non-hydrogen) atoms. The number of benzene rings is 2. The molecule has 142 valence electrons. The Bertz CT molecular complexity index is 798. The molecule has 1 aliphatic heterocycles. The minimum Gasteiger partial charge on any atom is -0.497 e. The van der Waals surface area contributed by atoms with Crippen molar-refractivity contribution in [3.05, 3.63) is 65.2 Å². The summed E-state index contributed by atoms with van der Waals surface area (Å²) in [5.74, 6) is 3.78. The van der Waals surface area contributed by atoms with Gasteiger partial charge in [-0.3, -0.25) is 9.80 Å². The molecule has 1 unspecified atom stereocenters. The van der Waals surface area contributed by atoms with Crippen LogP contribution in [-0.4, -0.2) is 42.1 Å². The highest BCUT2D eigenvalue weighted by atomic mass is 16.5. The fourth-order valence-corrected chi connectivity index (χ4v) is 3.96. The van der Waals surface area contributed by atoms with Crippen molar-refractivity contribution in [2.75, 3.05) is 26.7 Å². The van der Waals surface area contributed by atoms with Crippen LogP contribution in [0.2, 0.25) is 0 Å². The Morgan fingerprint density at radius 2 is 1.78 bits per heavy atom. The first kappa shape index (κ1) is 19.5. The van der Waals surface area contributed by atoms with E-state index in [0.29, 0.717) is 6.04 Å². The number of rotatable bonds is 4. The van der Waals surface area contributed by atoms with Crippen LogP contribution in [0, 0.1) is 12.3 Å². The van der Waals surface area contributed by atoms with Crippen molar-refractivity contribution in [2.45, 2.75) is 38.9 Å². The van der Waals surface area contributed by atoms with Gasteiger partial charge in [-0.1, -0.05) is 36.3 Å². The summed E-state index contributed by atoms with van der Waals surface area (Å²) in [6.07, 6.45) is 5.80. The van der Waals surface area contributed by atoms with E-state index in [9.17, 15) is 0 Å². The molecule has 0 aliphatic carbocycles. The van der Waals surface area contributed by atoms with E-state index in [1.54, 1.807) is 7.11 Å². The summed E-state index contributed by atoms with van der Waals surface area (Å²) >= 11 is 0. The number of nitrogens with zero attached hydrogens (tertiary/aromatic N) is 2. The highest BCUT2D eigenvalue weighted by Crippen LogP contribution is 2.33. The third-order valence-electron chi connectivity index (χ3n) is 5.37. The molecule has 0 amide bonds. The first-order chi connectivity index (χ1) is 12.9. The van der Waals surface area contributed by atoms with Crippen LogP contribution in [0.5, 0.6) is 5.75 Å². The monoisotopic (exact) mass is 362 g/mol. The van der Waals surface area contributed by atoms with Crippen LogP contribution in [0.25, 0.3) is 0 Å². The van der Waals surface area contributed by atoms with E-state index in [2.05, 4.69) is 66.8 Å². The highest BCUT2D eigenvalue weighted by Gasteiger charge is 2.35. The average Bonchev–Trinajstić information content (AvgIpc) is 2.67. The number of methoxy groups -OCH3 is 1. The van der Waals surface area contributed by atoms with Crippen molar-refractivity contribution < 1.29 is 4.74 Å². The van der Waals surface area contributed by atoms with Crippen LogP contribution in [-0.2, 0) is 6.54 Å². The Labute approximate surface area is 163 Å². The van der Waals surface area contributed by atoms with Gasteiger partial charge in [0.15, 0.2) is 0 Å². The largest absolute Gasteiger partial charge is 0.497 e. The van der Waals surface area contributed by atoms with Gasteiger partial charge in [0.25, 0.3) is 0 Å². The Morgan fingerprint density at radius 3 is 2.41 bits per heavy atom. The summed E-state index contributed by atoms with van der Waals surface area (Å²) in [7, 11) is 1.70. The molecule has 0 saturated carbocycles. The summed E-state index contributed by atoms with van der Waals surface area (Å²) in [6, 6.07) is 17.0. The quantitative estimate of drug-likeness (QED) is 0.753. The van der Waals surface area contributed by atoms with Crippen molar-refractivity contribution in [3.8, 4) is 18.1 Å². The van der Waals surface area contributed by atoms with E-state index in [4.69, 9.17) is 11.2 Å². The highest BCUT2D eigenvalue weighted by molar-refractivity contribution is 5.42. The van der Waals surface area contributed by atoms with Crippen molar-refractivity contribution in [1.29, 1.82) is 0 Å². The van der Waals surface area contributed by atoms with Crippen LogP contribution in [0.3, 0.4) is 0 Å². The molecule has 0 radical (unpaired) electrons. The molecule has 2 aromatic carbocycles. The smallest absolute Gasteiger partial charge is 0.118 e. The Balaban J connectivity index is 1.84. The van der Waals surface area contributed by atoms with Crippen LogP contribution in [0.1, 0.15) is 43.5 Å². The van der Waals surface area contributed by atoms with E-state index in [0.717, 1.165) is 37.5 Å². The van der Waals surface area contributed by atoms with E-state index in [-0.39, 0.29) is 5.54 Å². The molecule has 1 saturated heterocycles. The average molecular weight is 363 g/mol. The third-order valence-corrected chi connectivity index (χ3v) is 5.37. The van der Waals surface area contributed by atoms with Gasteiger partial charge >= 0.3 is 0 Å². The van der Waals surface area contributed by atoms with Crippen LogP contribution < -0.4 is 4.74 Å². The van der Waals surface area contributed by atoms with Gasteiger partial charge < -0.3 is 4.74 Å². The molecule has 3 rings (SSSR count). The molecule has 1 fully saturated rings. The standard InChI is InChI=1S/C24H30N2O/c1-6-20-9-7-8-10-22(20)23-18-25(15-16-26(23)24(2,3)4)17-19-11-13-21(27-5)14-12-19/h1,7-14,23H,15-18H2,2-5H3. The summed E-state index contributed by atoms with van der Waals surface area (Å²) < 4.78 is 5.27. The molecule has 3 nitrogen and oxygen atoms in total. The van der Waals surface area contributed by atoms with E-state index < -0.39 is 0 Å². The summed E-state index contributed by atoms with van der Waals surface area (Å²) in [5, 5.41) is 0. The molecule has 1 heterocycles. The summed E-state index contributed by atoms with van der Waals surface area (Å²) in [6.45, 7) is 10.9. The van der Waals surface area contributed by atoms with E-state index in [1.165, 1.54) is 11.1 Å². The lowest BCUT2D eigenvalue weighted by Gasteiger charge is -2.48. The van der Waals surface area contributed by atoms with Gasteiger partial charge in [-0.05, 0) is 50.1 Å². The maximum atomic E-state index is 5.80. The van der Waals surface area contributed by atoms with Gasteiger partial charge in [-0.25, -0.2) is 0 Å². The minimum atomic E-state index is 0.0958. The lowest BCUT2D eigenvalue weighted by Crippen LogP contribution is -2.54. The number of ether oxygens (including phenoxy) is 1. The molecular formula is C24H30N2O. The zero-order chi connectivity index (χ0) is 19.4. The van der Waals surface area contributed by atoms with Crippen molar-refractivity contribution in [3.63, 3.8) is 0 Å². The van der Waals surface area contributed by atoms with Gasteiger partial charge in [0, 0.05) is 43.3 Å². The Kier molecular flexibility index (Phi) is 5.89. The molecule has 0 aromatic heterocycles. The molecule has 1 atom stereocenters. The van der Waals surface area contributed by atoms with Gasteiger partial charge in [0.1, 0.15) is 5.75 Å². The first-order valence-corrected chi connectivity index (χ1v) is 9.60. The second kappa shape index (κ2) is 8.17. The number of terminal acetylenes is 1. The SMILES string of the molecule is C#Cc1ccccc1C1CN(Cc2ccc(OC)cc2)CCN1C(C)(C)C. The second-order valence-corrected chi connectivity index (χ2v) is 8.19. The Morgan fingerprint density at radius 1 is 1.07 bits per heavy atom. The van der Waals surface area contributed by atoms with Gasteiger partial charge in [-0.2, -0.15) is 0 Å². The fraction of sp³-hybridized carbons (Fsp3) is 0.417. The summed E-state index contributed by atoms with van der Waals surface area (Å²) in [4.78, 5) is 5.12. The summed E-state index contributed by atoms with van der Waals surface area (Å²) in [5.41, 5.74) is 3.67. The fourth-order valence-electron chi connectivity index (χ4n) is 3.96. The predicted octanol–water partition coefficient (Wildman–Crippen LogP) is 4.33. The number of hydrogen-bond acceptors (Lipinski definition) is 3. The maximum Gasteiger partial charge on any atom is 0.118 e. The van der Waals surface area contributed by atoms with Crippen LogP contribution in [0.15, 0.2) is 48.5 Å². The van der Waals surface area contributed by atoms with Gasteiger partial charge in [0.05, 0.1) is 7.11 Å². The normalized spacial score (nSPS) is 18.9. The van der Waals surface area contributed by atoms with E-state index >= 15 is 0 Å². The molecule has 1 aliphatic rings. The zero-order valence-electron chi connectivity index (χ0n) is 16.9. The number of piperazine rings is 1. The van der Waals surface area contributed by atoms with Crippen LogP contribution in [0.4, 0.5) is 0 Å². The third kappa shape index (κ3) is 4.53. The Hall–Kier alpha value is -2.28. The minimum absolute atomic E-state index is 0.0958. The van der Waals surface area contributed by atoms with E-state index in [1.807, 2.05) is 18.2 Å². The maximum absolute atomic E-state index is 5.80. The van der Waals surface area contributed by atoms with Gasteiger partial charge in [-0.15, -0.1) is 6.42 Å². The lowest BCUT2D eigenvalue weighted by atomic mass is 9.92. The molecule has 2 aromatic rings. The lowest BCUT2D eigenvalue weighted by molar-refractivity contribution is 0.00588. The molecule has 0 spiro atoms. The second-order valence-electron chi connectivity index (χ2n) is 8.19. The topological polar surface area (TPSA) is 15.7 Å².